The van der Waals surface area contributed by atoms with Gasteiger partial charge in [0.25, 0.3) is 0 Å². The Morgan fingerprint density at radius 1 is 1.38 bits per heavy atom. The fourth-order valence-corrected chi connectivity index (χ4v) is 5.76. The Balaban J connectivity index is 2.37. The predicted molar refractivity (Wildman–Crippen MR) is 86.7 cm³/mol. The summed E-state index contributed by atoms with van der Waals surface area (Å²) in [6.07, 6.45) is 0. The number of carboxylic acids is 1. The van der Waals surface area contributed by atoms with Gasteiger partial charge in [-0.25, -0.2) is 13.2 Å². The van der Waals surface area contributed by atoms with Crippen LogP contribution < -0.4 is 0 Å². The first kappa shape index (κ1) is 16.6. The lowest BCUT2D eigenvalue weighted by atomic mass is 10.3. The van der Waals surface area contributed by atoms with Crippen molar-refractivity contribution in [2.45, 2.75) is 18.4 Å². The third-order valence-corrected chi connectivity index (χ3v) is 7.57. The average molecular weight is 410 g/mol. The van der Waals surface area contributed by atoms with Gasteiger partial charge in [-0.05, 0) is 50.8 Å². The molecule has 0 saturated heterocycles. The molecule has 0 aliphatic carbocycles. The zero-order chi connectivity index (χ0) is 15.8. The number of hydrogen-bond acceptors (Lipinski definition) is 5. The van der Waals surface area contributed by atoms with Gasteiger partial charge in [0.05, 0.1) is 3.79 Å². The van der Waals surface area contributed by atoms with E-state index in [1.807, 2.05) is 11.4 Å². The second-order valence-electron chi connectivity index (χ2n) is 4.40. The molecule has 0 aliphatic rings. The van der Waals surface area contributed by atoms with Crippen molar-refractivity contribution in [3.63, 3.8) is 0 Å². The van der Waals surface area contributed by atoms with Crippen LogP contribution in [0.4, 0.5) is 0 Å². The third-order valence-electron chi connectivity index (χ3n) is 2.81. The molecule has 0 radical (unpaired) electrons. The van der Waals surface area contributed by atoms with Crippen molar-refractivity contribution in [2.75, 3.05) is 7.05 Å². The van der Waals surface area contributed by atoms with Crippen molar-refractivity contribution < 1.29 is 18.3 Å². The molecule has 5 nitrogen and oxygen atoms in total. The highest BCUT2D eigenvalue weighted by atomic mass is 79.9. The van der Waals surface area contributed by atoms with E-state index < -0.39 is 16.0 Å². The third kappa shape index (κ3) is 3.37. The van der Waals surface area contributed by atoms with Crippen LogP contribution in [0.2, 0.25) is 0 Å². The highest BCUT2D eigenvalue weighted by Crippen LogP contribution is 2.30. The van der Waals surface area contributed by atoms with Gasteiger partial charge in [-0.3, -0.25) is 0 Å². The van der Waals surface area contributed by atoms with E-state index >= 15 is 0 Å². The highest BCUT2D eigenvalue weighted by Gasteiger charge is 2.30. The van der Waals surface area contributed by atoms with Gasteiger partial charge >= 0.3 is 5.97 Å². The number of rotatable bonds is 5. The first-order chi connectivity index (χ1) is 9.73. The topological polar surface area (TPSA) is 74.7 Å². The Morgan fingerprint density at radius 2 is 2.05 bits per heavy atom. The molecule has 0 aliphatic heterocycles. The Kier molecular flexibility index (Phi) is 4.89. The van der Waals surface area contributed by atoms with Crippen molar-refractivity contribution in [1.29, 1.82) is 0 Å². The lowest BCUT2D eigenvalue weighted by Gasteiger charge is -2.17. The molecule has 0 unspecified atom stereocenters. The van der Waals surface area contributed by atoms with E-state index in [4.69, 9.17) is 5.11 Å². The molecule has 0 amide bonds. The predicted octanol–water partition coefficient (Wildman–Crippen LogP) is 3.40. The summed E-state index contributed by atoms with van der Waals surface area (Å²) in [6, 6.07) is 1.84. The van der Waals surface area contributed by atoms with Gasteiger partial charge in [0.1, 0.15) is 9.77 Å². The van der Waals surface area contributed by atoms with E-state index in [2.05, 4.69) is 15.9 Å². The Morgan fingerprint density at radius 3 is 2.57 bits per heavy atom. The lowest BCUT2D eigenvalue weighted by Crippen LogP contribution is -2.27. The van der Waals surface area contributed by atoms with Crippen LogP contribution in [0.15, 0.2) is 25.5 Å². The number of carbonyl (C=O) groups is 1. The number of hydrogen-bond donors (Lipinski definition) is 1. The number of sulfonamides is 1. The molecule has 2 heterocycles. The van der Waals surface area contributed by atoms with E-state index in [9.17, 15) is 13.2 Å². The van der Waals surface area contributed by atoms with Crippen molar-refractivity contribution in [2.24, 2.45) is 0 Å². The normalized spacial score (nSPS) is 12.0. The second kappa shape index (κ2) is 6.17. The molecule has 0 spiro atoms. The molecule has 9 heteroatoms. The van der Waals surface area contributed by atoms with Gasteiger partial charge in [0, 0.05) is 13.6 Å². The zero-order valence-corrected chi connectivity index (χ0v) is 15.2. The maximum absolute atomic E-state index is 12.6. The average Bonchev–Trinajstić information content (AvgIpc) is 2.95. The molecular weight excluding hydrogens is 398 g/mol. The molecule has 0 atom stereocenters. The Labute approximate surface area is 139 Å². The van der Waals surface area contributed by atoms with Crippen LogP contribution in [-0.2, 0) is 16.6 Å². The molecular formula is C12H12BrNO4S3. The van der Waals surface area contributed by atoms with Crippen LogP contribution in [0.1, 0.15) is 20.8 Å². The van der Waals surface area contributed by atoms with Gasteiger partial charge in [-0.15, -0.1) is 22.7 Å². The fraction of sp³-hybridized carbons (Fsp3) is 0.250. The van der Waals surface area contributed by atoms with Crippen LogP contribution in [0.3, 0.4) is 0 Å². The van der Waals surface area contributed by atoms with E-state index in [1.54, 1.807) is 12.3 Å². The minimum absolute atomic E-state index is 0.114. The highest BCUT2D eigenvalue weighted by molar-refractivity contribution is 9.11. The maximum Gasteiger partial charge on any atom is 0.347 e. The van der Waals surface area contributed by atoms with Gasteiger partial charge in [0.15, 0.2) is 0 Å². The number of aryl methyl sites for hydroxylation is 1. The van der Waals surface area contributed by atoms with Crippen molar-refractivity contribution in [3.05, 3.63) is 36.6 Å². The first-order valence-electron chi connectivity index (χ1n) is 5.74. The molecule has 0 bridgehead atoms. The van der Waals surface area contributed by atoms with Gasteiger partial charge < -0.3 is 5.11 Å². The molecule has 2 rings (SSSR count). The van der Waals surface area contributed by atoms with Gasteiger partial charge in [-0.1, -0.05) is 0 Å². The molecule has 2 aromatic rings. The summed E-state index contributed by atoms with van der Waals surface area (Å²) >= 11 is 5.72. The first-order valence-corrected chi connectivity index (χ1v) is 9.73. The number of carboxylic acid groups (broad SMARTS) is 1. The summed E-state index contributed by atoms with van der Waals surface area (Å²) in [7, 11) is -2.39. The standard InChI is InChI=1S/C12H12BrNO4S3/c1-7-5-20-10(12(15)16)11(7)21(17,18)14(2)4-8-3-9(13)19-6-8/h3,5-6H,4H2,1-2H3,(H,15,16). The molecule has 1 N–H and O–H groups in total. The largest absolute Gasteiger partial charge is 0.477 e. The lowest BCUT2D eigenvalue weighted by molar-refractivity contribution is 0.0698. The van der Waals surface area contributed by atoms with E-state index in [1.165, 1.54) is 22.7 Å². The molecule has 0 fully saturated rings. The molecule has 21 heavy (non-hydrogen) atoms. The SMILES string of the molecule is Cc1csc(C(=O)O)c1S(=O)(=O)N(C)Cc1csc(Br)c1. The number of aromatic carboxylic acids is 1. The zero-order valence-electron chi connectivity index (χ0n) is 11.2. The minimum atomic E-state index is -3.84. The van der Waals surface area contributed by atoms with Crippen LogP contribution in [-0.4, -0.2) is 30.8 Å². The van der Waals surface area contributed by atoms with Crippen molar-refractivity contribution >= 4 is 54.6 Å². The molecule has 114 valence electrons. The molecule has 0 aromatic carbocycles. The number of thiophene rings is 2. The van der Waals surface area contributed by atoms with Gasteiger partial charge in [-0.2, -0.15) is 4.31 Å². The van der Waals surface area contributed by atoms with E-state index in [0.717, 1.165) is 20.7 Å². The number of nitrogens with zero attached hydrogens (tertiary/aromatic N) is 1. The fourth-order valence-electron chi connectivity index (χ4n) is 1.83. The molecule has 2 aromatic heterocycles. The summed E-state index contributed by atoms with van der Waals surface area (Å²) in [5.41, 5.74) is 1.30. The quantitative estimate of drug-likeness (QED) is 0.820. The Bertz CT molecular complexity index is 778. The smallest absolute Gasteiger partial charge is 0.347 e. The maximum atomic E-state index is 12.6. The van der Waals surface area contributed by atoms with E-state index in [-0.39, 0.29) is 16.3 Å². The van der Waals surface area contributed by atoms with Crippen molar-refractivity contribution in [3.8, 4) is 0 Å². The van der Waals surface area contributed by atoms with Crippen LogP contribution in [0.25, 0.3) is 0 Å². The van der Waals surface area contributed by atoms with Gasteiger partial charge in [0.2, 0.25) is 10.0 Å². The van der Waals surface area contributed by atoms with Crippen LogP contribution in [0.5, 0.6) is 0 Å². The van der Waals surface area contributed by atoms with Crippen LogP contribution in [0, 0.1) is 6.92 Å². The summed E-state index contributed by atoms with van der Waals surface area (Å²) in [6.45, 7) is 1.80. The van der Waals surface area contributed by atoms with Crippen LogP contribution >= 0.6 is 38.6 Å². The summed E-state index contributed by atoms with van der Waals surface area (Å²) in [5.74, 6) is -1.22. The summed E-state index contributed by atoms with van der Waals surface area (Å²) in [4.78, 5) is 10.9. The van der Waals surface area contributed by atoms with Crippen molar-refractivity contribution in [1.82, 2.24) is 4.31 Å². The summed E-state index contributed by atoms with van der Waals surface area (Å²) < 4.78 is 27.3. The Hall–Kier alpha value is -0.740. The monoisotopic (exact) mass is 409 g/mol. The minimum Gasteiger partial charge on any atom is -0.477 e. The summed E-state index contributed by atoms with van der Waals surface area (Å²) in [5, 5.41) is 12.5. The van der Waals surface area contributed by atoms with E-state index in [0.29, 0.717) is 5.56 Å². The number of halogens is 1. The molecule has 0 saturated carbocycles. The second-order valence-corrected chi connectivity index (χ2v) is 9.55.